The molecule has 6 nitrogen and oxygen atoms in total. The van der Waals surface area contributed by atoms with Gasteiger partial charge in [0.2, 0.25) is 0 Å². The van der Waals surface area contributed by atoms with Gasteiger partial charge >= 0.3 is 12.6 Å². The monoisotopic (exact) mass is 489 g/mol. The van der Waals surface area contributed by atoms with Crippen LogP contribution in [0.25, 0.3) is 6.08 Å². The molecular formula is C19H15BrClF2NO5. The van der Waals surface area contributed by atoms with Gasteiger partial charge in [-0.15, -0.1) is 0 Å². The van der Waals surface area contributed by atoms with E-state index in [-0.39, 0.29) is 11.3 Å². The van der Waals surface area contributed by atoms with Crippen LogP contribution >= 0.6 is 27.5 Å². The van der Waals surface area contributed by atoms with Crippen molar-refractivity contribution in [2.45, 2.75) is 6.61 Å². The maximum Gasteiger partial charge on any atom is 0.387 e. The fraction of sp³-hybridized carbons (Fsp3) is 0.158. The maximum atomic E-state index is 12.5. The summed E-state index contributed by atoms with van der Waals surface area (Å²) < 4.78 is 39.8. The zero-order valence-electron chi connectivity index (χ0n) is 15.0. The van der Waals surface area contributed by atoms with Gasteiger partial charge in [-0.05, 0) is 42.5 Å². The van der Waals surface area contributed by atoms with Crippen molar-refractivity contribution in [3.8, 4) is 11.5 Å². The van der Waals surface area contributed by atoms with Crippen LogP contribution in [0.5, 0.6) is 11.5 Å². The lowest BCUT2D eigenvalue weighted by Crippen LogP contribution is -2.20. The molecule has 154 valence electrons. The molecule has 0 radical (unpaired) electrons. The number of hydrogen-bond acceptors (Lipinski definition) is 5. The molecule has 0 aliphatic rings. The van der Waals surface area contributed by atoms with E-state index in [0.29, 0.717) is 20.9 Å². The van der Waals surface area contributed by atoms with E-state index < -0.39 is 25.1 Å². The van der Waals surface area contributed by atoms with Gasteiger partial charge in [-0.1, -0.05) is 27.5 Å². The summed E-state index contributed by atoms with van der Waals surface area (Å²) in [4.78, 5) is 23.8. The number of alkyl halides is 2. The van der Waals surface area contributed by atoms with Crippen molar-refractivity contribution in [1.29, 1.82) is 0 Å². The first-order valence-electron chi connectivity index (χ1n) is 8.01. The van der Waals surface area contributed by atoms with Crippen LogP contribution in [0, 0.1) is 0 Å². The summed E-state index contributed by atoms with van der Waals surface area (Å²) in [5, 5.41) is 2.90. The topological polar surface area (TPSA) is 73.9 Å². The summed E-state index contributed by atoms with van der Waals surface area (Å²) in [5.41, 5.74) is 0.546. The molecule has 1 N–H and O–H groups in total. The lowest BCUT2D eigenvalue weighted by atomic mass is 10.2. The molecule has 10 heteroatoms. The number of nitrogens with one attached hydrogen (secondary N) is 1. The Morgan fingerprint density at radius 2 is 1.93 bits per heavy atom. The average molecular weight is 491 g/mol. The van der Waals surface area contributed by atoms with Gasteiger partial charge in [0.25, 0.3) is 5.91 Å². The summed E-state index contributed by atoms with van der Waals surface area (Å²) in [6.45, 7) is -3.58. The highest BCUT2D eigenvalue weighted by Crippen LogP contribution is 2.28. The van der Waals surface area contributed by atoms with Crippen molar-refractivity contribution in [2.24, 2.45) is 0 Å². The molecule has 0 aromatic heterocycles. The lowest BCUT2D eigenvalue weighted by Gasteiger charge is -2.10. The third kappa shape index (κ3) is 7.35. The molecule has 2 aromatic rings. The van der Waals surface area contributed by atoms with Crippen LogP contribution in [0.1, 0.15) is 5.56 Å². The molecular weight excluding hydrogens is 476 g/mol. The molecule has 2 rings (SSSR count). The van der Waals surface area contributed by atoms with Crippen LogP contribution in [0.4, 0.5) is 14.5 Å². The molecule has 0 fully saturated rings. The van der Waals surface area contributed by atoms with Crippen LogP contribution < -0.4 is 14.8 Å². The number of benzene rings is 2. The minimum Gasteiger partial charge on any atom is -0.495 e. The Hall–Kier alpha value is -2.65. The van der Waals surface area contributed by atoms with Crippen LogP contribution in [0.15, 0.2) is 46.9 Å². The Kier molecular flexibility index (Phi) is 8.41. The molecule has 29 heavy (non-hydrogen) atoms. The van der Waals surface area contributed by atoms with Gasteiger partial charge < -0.3 is 19.5 Å². The van der Waals surface area contributed by atoms with E-state index in [2.05, 4.69) is 26.0 Å². The molecule has 2 aromatic carbocycles. The first kappa shape index (κ1) is 22.6. The third-order valence-corrected chi connectivity index (χ3v) is 4.10. The van der Waals surface area contributed by atoms with Crippen LogP contribution in [-0.4, -0.2) is 32.2 Å². The number of hydrogen-bond donors (Lipinski definition) is 1. The number of halogens is 4. The van der Waals surface area contributed by atoms with Gasteiger partial charge in [0.1, 0.15) is 11.5 Å². The lowest BCUT2D eigenvalue weighted by molar-refractivity contribution is -0.142. The van der Waals surface area contributed by atoms with Crippen molar-refractivity contribution >= 4 is 51.2 Å². The Morgan fingerprint density at radius 1 is 1.21 bits per heavy atom. The second-order valence-electron chi connectivity index (χ2n) is 5.39. The van der Waals surface area contributed by atoms with E-state index in [1.165, 1.54) is 37.5 Å². The van der Waals surface area contributed by atoms with Gasteiger partial charge in [-0.25, -0.2) is 4.79 Å². The highest BCUT2D eigenvalue weighted by molar-refractivity contribution is 9.10. The van der Waals surface area contributed by atoms with Crippen molar-refractivity contribution in [2.75, 3.05) is 19.0 Å². The van der Waals surface area contributed by atoms with Crippen LogP contribution in [0.2, 0.25) is 5.02 Å². The summed E-state index contributed by atoms with van der Waals surface area (Å²) in [6.07, 6.45) is 2.23. The molecule has 1 amide bonds. The largest absolute Gasteiger partial charge is 0.495 e. The van der Waals surface area contributed by atoms with Crippen molar-refractivity contribution in [1.82, 2.24) is 0 Å². The number of ether oxygens (including phenoxy) is 3. The SMILES string of the molecule is COc1ccc(Cl)cc1NC(=O)COC(=O)/C=C/c1cc(Br)ccc1OC(F)F. The fourth-order valence-electron chi connectivity index (χ4n) is 2.16. The zero-order chi connectivity index (χ0) is 21.4. The van der Waals surface area contributed by atoms with Crippen molar-refractivity contribution < 1.29 is 32.6 Å². The molecule has 0 unspecified atom stereocenters. The van der Waals surface area contributed by atoms with Gasteiger partial charge in [-0.2, -0.15) is 8.78 Å². The average Bonchev–Trinajstić information content (AvgIpc) is 2.66. The Labute approximate surface area is 178 Å². The minimum absolute atomic E-state index is 0.113. The van der Waals surface area contributed by atoms with Crippen molar-refractivity contribution in [3.63, 3.8) is 0 Å². The van der Waals surface area contributed by atoms with E-state index in [1.807, 2.05) is 0 Å². The van der Waals surface area contributed by atoms with Crippen LogP contribution in [-0.2, 0) is 14.3 Å². The van der Waals surface area contributed by atoms with Gasteiger partial charge in [0.15, 0.2) is 6.61 Å². The number of rotatable bonds is 8. The summed E-state index contributed by atoms with van der Waals surface area (Å²) >= 11 is 9.08. The van der Waals surface area contributed by atoms with Gasteiger partial charge in [0.05, 0.1) is 12.8 Å². The number of amides is 1. The van der Waals surface area contributed by atoms with Gasteiger partial charge in [-0.3, -0.25) is 4.79 Å². The Balaban J connectivity index is 1.95. The van der Waals surface area contributed by atoms with E-state index in [4.69, 9.17) is 21.1 Å². The first-order chi connectivity index (χ1) is 13.8. The molecule has 0 saturated carbocycles. The molecule has 0 saturated heterocycles. The molecule has 0 bridgehead atoms. The summed E-state index contributed by atoms with van der Waals surface area (Å²) in [6, 6.07) is 8.98. The minimum atomic E-state index is -3.01. The van der Waals surface area contributed by atoms with E-state index >= 15 is 0 Å². The third-order valence-electron chi connectivity index (χ3n) is 3.37. The number of carbonyl (C=O) groups excluding carboxylic acids is 2. The Bertz CT molecular complexity index is 923. The normalized spacial score (nSPS) is 10.8. The second-order valence-corrected chi connectivity index (χ2v) is 6.75. The summed E-state index contributed by atoms with van der Waals surface area (Å²) in [7, 11) is 1.43. The molecule has 0 aliphatic carbocycles. The number of anilines is 1. The standard InChI is InChI=1S/C19H15BrClF2NO5/c1-27-16-6-4-13(21)9-14(16)24-17(25)10-28-18(26)7-2-11-8-12(20)3-5-15(11)29-19(22)23/h2-9,19H,10H2,1H3,(H,24,25)/b7-2+. The van der Waals surface area contributed by atoms with Crippen LogP contribution in [0.3, 0.4) is 0 Å². The van der Waals surface area contributed by atoms with E-state index in [9.17, 15) is 18.4 Å². The molecule has 0 spiro atoms. The highest BCUT2D eigenvalue weighted by atomic mass is 79.9. The predicted octanol–water partition coefficient (Wildman–Crippen LogP) is 4.91. The number of methoxy groups -OCH3 is 1. The molecule has 0 atom stereocenters. The number of esters is 1. The molecule has 0 aliphatic heterocycles. The highest BCUT2D eigenvalue weighted by Gasteiger charge is 2.11. The predicted molar refractivity (Wildman–Crippen MR) is 107 cm³/mol. The molecule has 0 heterocycles. The summed E-state index contributed by atoms with van der Waals surface area (Å²) in [5.74, 6) is -1.19. The second kappa shape index (κ2) is 10.8. The van der Waals surface area contributed by atoms with E-state index in [1.54, 1.807) is 12.1 Å². The fourth-order valence-corrected chi connectivity index (χ4v) is 2.71. The zero-order valence-corrected chi connectivity index (χ0v) is 17.3. The first-order valence-corrected chi connectivity index (χ1v) is 9.18. The van der Waals surface area contributed by atoms with Gasteiger partial charge in [0, 0.05) is 21.1 Å². The smallest absolute Gasteiger partial charge is 0.387 e. The number of carbonyl (C=O) groups is 2. The Morgan fingerprint density at radius 3 is 2.62 bits per heavy atom. The van der Waals surface area contributed by atoms with E-state index in [0.717, 1.165) is 6.08 Å². The quantitative estimate of drug-likeness (QED) is 0.421. The maximum absolute atomic E-state index is 12.5. The van der Waals surface area contributed by atoms with Crippen molar-refractivity contribution in [3.05, 3.63) is 57.5 Å².